The maximum absolute atomic E-state index is 13.0. The number of anilines is 1. The molecular formula is C25H23N7O2. The molecule has 0 fully saturated rings. The third kappa shape index (κ3) is 4.58. The van der Waals surface area contributed by atoms with Crippen LogP contribution in [0.15, 0.2) is 85.3 Å². The van der Waals surface area contributed by atoms with E-state index in [9.17, 15) is 4.79 Å². The minimum atomic E-state index is -0.391. The molecule has 9 nitrogen and oxygen atoms in total. The highest BCUT2D eigenvalue weighted by Gasteiger charge is 2.20. The molecule has 3 aromatic heterocycles. The maximum Gasteiger partial charge on any atom is 0.321 e. The summed E-state index contributed by atoms with van der Waals surface area (Å²) in [5.41, 5.74) is 3.58. The second kappa shape index (κ2) is 9.45. The van der Waals surface area contributed by atoms with Crippen molar-refractivity contribution in [3.05, 3.63) is 96.7 Å². The van der Waals surface area contributed by atoms with Crippen LogP contribution >= 0.6 is 0 Å². The molecule has 0 aliphatic carbocycles. The van der Waals surface area contributed by atoms with E-state index in [1.165, 1.54) is 0 Å². The molecule has 1 unspecified atom stereocenters. The van der Waals surface area contributed by atoms with E-state index < -0.39 is 6.04 Å². The third-order valence-electron chi connectivity index (χ3n) is 5.43. The first-order valence-electron chi connectivity index (χ1n) is 10.8. The Labute approximate surface area is 195 Å². The van der Waals surface area contributed by atoms with Crippen LogP contribution in [0.25, 0.3) is 16.7 Å². The number of aromatic amines is 1. The van der Waals surface area contributed by atoms with Crippen LogP contribution in [0.5, 0.6) is 5.75 Å². The van der Waals surface area contributed by atoms with Crippen LogP contribution in [0.3, 0.4) is 0 Å². The lowest BCUT2D eigenvalue weighted by molar-refractivity contribution is 0.248. The van der Waals surface area contributed by atoms with Gasteiger partial charge >= 0.3 is 6.03 Å². The molecule has 0 bridgehead atoms. The number of carbonyl (C=O) groups excluding carboxylic acids is 1. The van der Waals surface area contributed by atoms with Crippen molar-refractivity contribution in [2.24, 2.45) is 0 Å². The number of urea groups is 1. The summed E-state index contributed by atoms with van der Waals surface area (Å²) in [5.74, 6) is 1.99. The molecule has 3 N–H and O–H groups in total. The smallest absolute Gasteiger partial charge is 0.321 e. The summed E-state index contributed by atoms with van der Waals surface area (Å²) < 4.78 is 6.90. The fourth-order valence-corrected chi connectivity index (χ4v) is 3.75. The van der Waals surface area contributed by atoms with E-state index >= 15 is 0 Å². The summed E-state index contributed by atoms with van der Waals surface area (Å²) in [6, 6.07) is 20.2. The van der Waals surface area contributed by atoms with Crippen LogP contribution in [-0.2, 0) is 6.42 Å². The maximum atomic E-state index is 13.0. The number of nitrogens with one attached hydrogen (secondary N) is 3. The molecule has 5 aromatic rings. The van der Waals surface area contributed by atoms with Gasteiger partial charge in [0.05, 0.1) is 36.1 Å². The Morgan fingerprint density at radius 3 is 2.59 bits per heavy atom. The second-order valence-corrected chi connectivity index (χ2v) is 7.68. The Morgan fingerprint density at radius 1 is 1.03 bits per heavy atom. The van der Waals surface area contributed by atoms with Gasteiger partial charge in [-0.15, -0.1) is 0 Å². The monoisotopic (exact) mass is 453 g/mol. The number of amides is 2. The van der Waals surface area contributed by atoms with E-state index in [4.69, 9.17) is 9.72 Å². The number of rotatable bonds is 7. The Kier molecular flexibility index (Phi) is 5.89. The van der Waals surface area contributed by atoms with Crippen molar-refractivity contribution in [1.82, 2.24) is 30.0 Å². The van der Waals surface area contributed by atoms with Crippen LogP contribution in [0.1, 0.15) is 17.4 Å². The van der Waals surface area contributed by atoms with Crippen molar-refractivity contribution >= 4 is 22.9 Å². The Balaban J connectivity index is 1.39. The number of para-hydroxylation sites is 2. The van der Waals surface area contributed by atoms with Crippen molar-refractivity contribution in [2.75, 3.05) is 12.4 Å². The fraction of sp³-hybridized carbons (Fsp3) is 0.120. The van der Waals surface area contributed by atoms with Gasteiger partial charge in [-0.25, -0.2) is 14.5 Å². The topological polar surface area (TPSA) is 110 Å². The van der Waals surface area contributed by atoms with Crippen LogP contribution < -0.4 is 15.4 Å². The highest BCUT2D eigenvalue weighted by molar-refractivity contribution is 5.89. The molecule has 0 radical (unpaired) electrons. The number of fused-ring (bicyclic) bond motifs is 1. The van der Waals surface area contributed by atoms with Gasteiger partial charge in [-0.3, -0.25) is 10.3 Å². The van der Waals surface area contributed by atoms with Crippen LogP contribution in [0.4, 0.5) is 10.6 Å². The van der Waals surface area contributed by atoms with Gasteiger partial charge in [0.2, 0.25) is 0 Å². The number of benzene rings is 2. The zero-order chi connectivity index (χ0) is 23.3. The summed E-state index contributed by atoms with van der Waals surface area (Å²) in [6.07, 6.45) is 5.52. The van der Waals surface area contributed by atoms with Gasteiger partial charge < -0.3 is 15.0 Å². The summed E-state index contributed by atoms with van der Waals surface area (Å²) in [4.78, 5) is 25.1. The molecule has 2 amide bonds. The van der Waals surface area contributed by atoms with Crippen LogP contribution in [0.2, 0.25) is 0 Å². The standard InChI is InChI=1S/C25H23N7O2/c1-34-19-8-6-17(7-9-19)16-22(24-28-20-4-2-3-5-21(20)29-24)30-25(33)31-23-12-15-27-32(23)18-10-13-26-14-11-18/h2-15,22H,16H2,1H3,(H,28,29)(H2,30,31,33). The van der Waals surface area contributed by atoms with Crippen LogP contribution in [0, 0.1) is 0 Å². The summed E-state index contributed by atoms with van der Waals surface area (Å²) in [5, 5.41) is 10.3. The highest BCUT2D eigenvalue weighted by atomic mass is 16.5. The normalized spacial score (nSPS) is 11.8. The summed E-state index contributed by atoms with van der Waals surface area (Å²) >= 11 is 0. The van der Waals surface area contributed by atoms with Gasteiger partial charge in [0.25, 0.3) is 0 Å². The number of methoxy groups -OCH3 is 1. The Morgan fingerprint density at radius 2 is 1.82 bits per heavy atom. The number of imidazole rings is 1. The quantitative estimate of drug-likeness (QED) is 0.341. The van der Waals surface area contributed by atoms with Gasteiger partial charge in [-0.2, -0.15) is 5.10 Å². The number of hydrogen-bond donors (Lipinski definition) is 3. The van der Waals surface area contributed by atoms with Crippen LogP contribution in [-0.4, -0.2) is 37.9 Å². The molecule has 0 saturated carbocycles. The molecule has 0 aliphatic rings. The van der Waals surface area contributed by atoms with Crippen molar-refractivity contribution in [1.29, 1.82) is 0 Å². The van der Waals surface area contributed by atoms with E-state index in [2.05, 4.69) is 25.7 Å². The van der Waals surface area contributed by atoms with Crippen molar-refractivity contribution < 1.29 is 9.53 Å². The first-order valence-corrected chi connectivity index (χ1v) is 10.8. The van der Waals surface area contributed by atoms with Crippen molar-refractivity contribution in [3.8, 4) is 11.4 Å². The molecule has 3 heterocycles. The number of carbonyl (C=O) groups is 1. The van der Waals surface area contributed by atoms with Crippen molar-refractivity contribution in [2.45, 2.75) is 12.5 Å². The van der Waals surface area contributed by atoms with Gasteiger partial charge in [0.1, 0.15) is 17.4 Å². The van der Waals surface area contributed by atoms with Gasteiger partial charge in [-0.1, -0.05) is 24.3 Å². The third-order valence-corrected chi connectivity index (χ3v) is 5.43. The molecule has 2 aromatic carbocycles. The van der Waals surface area contributed by atoms with Gasteiger partial charge in [0.15, 0.2) is 0 Å². The molecular weight excluding hydrogens is 430 g/mol. The largest absolute Gasteiger partial charge is 0.497 e. The number of aromatic nitrogens is 5. The zero-order valence-electron chi connectivity index (χ0n) is 18.5. The number of H-pyrrole nitrogens is 1. The van der Waals surface area contributed by atoms with E-state index in [-0.39, 0.29) is 6.03 Å². The Hall–Kier alpha value is -4.66. The second-order valence-electron chi connectivity index (χ2n) is 7.68. The minimum absolute atomic E-state index is 0.366. The van der Waals surface area contributed by atoms with E-state index in [0.717, 1.165) is 28.0 Å². The van der Waals surface area contributed by atoms with Gasteiger partial charge in [0, 0.05) is 18.5 Å². The average molecular weight is 454 g/mol. The molecule has 0 aliphatic heterocycles. The molecule has 34 heavy (non-hydrogen) atoms. The molecule has 5 rings (SSSR count). The molecule has 0 spiro atoms. The van der Waals surface area contributed by atoms with E-state index in [1.807, 2.05) is 60.7 Å². The Bertz CT molecular complexity index is 1360. The first-order chi connectivity index (χ1) is 16.7. The first kappa shape index (κ1) is 21.2. The number of pyridine rings is 1. The predicted molar refractivity (Wildman–Crippen MR) is 129 cm³/mol. The molecule has 170 valence electrons. The molecule has 0 saturated heterocycles. The van der Waals surface area contributed by atoms with Crippen molar-refractivity contribution in [3.63, 3.8) is 0 Å². The number of nitrogens with zero attached hydrogens (tertiary/aromatic N) is 4. The predicted octanol–water partition coefficient (Wildman–Crippen LogP) is 4.26. The van der Waals surface area contributed by atoms with E-state index in [1.54, 1.807) is 36.4 Å². The summed E-state index contributed by atoms with van der Waals surface area (Å²) in [7, 11) is 1.63. The number of hydrogen-bond acceptors (Lipinski definition) is 5. The average Bonchev–Trinajstić information content (AvgIpc) is 3.51. The lowest BCUT2D eigenvalue weighted by Gasteiger charge is -2.18. The minimum Gasteiger partial charge on any atom is -0.497 e. The number of ether oxygens (including phenoxy) is 1. The lowest BCUT2D eigenvalue weighted by Crippen LogP contribution is -2.34. The highest BCUT2D eigenvalue weighted by Crippen LogP contribution is 2.22. The fourth-order valence-electron chi connectivity index (χ4n) is 3.75. The van der Waals surface area contributed by atoms with E-state index in [0.29, 0.717) is 18.1 Å². The SMILES string of the molecule is COc1ccc(CC(NC(=O)Nc2ccnn2-c2ccncc2)c2nc3ccccc3[nH]2)cc1. The molecule has 1 atom stereocenters. The molecule has 9 heteroatoms. The zero-order valence-corrected chi connectivity index (χ0v) is 18.5. The van der Waals surface area contributed by atoms with Gasteiger partial charge in [-0.05, 0) is 48.4 Å². The lowest BCUT2D eigenvalue weighted by atomic mass is 10.1. The summed E-state index contributed by atoms with van der Waals surface area (Å²) in [6.45, 7) is 0.